The molecule has 0 heterocycles. The normalized spacial score (nSPS) is 13.5. The van der Waals surface area contributed by atoms with Gasteiger partial charge in [-0.15, -0.1) is 0 Å². The van der Waals surface area contributed by atoms with E-state index in [1.54, 1.807) is 0 Å². The quantitative estimate of drug-likeness (QED) is 0.234. The van der Waals surface area contributed by atoms with Gasteiger partial charge in [-0.05, 0) is 12.8 Å². The second-order valence-electron chi connectivity index (χ2n) is 6.98. The summed E-state index contributed by atoms with van der Waals surface area (Å²) in [4.78, 5) is 0. The van der Waals surface area contributed by atoms with E-state index in [4.69, 9.17) is 0 Å². The Hall–Kier alpha value is 0.830. The summed E-state index contributed by atoms with van der Waals surface area (Å²) in [6.45, 7) is 4.27. The summed E-state index contributed by atoms with van der Waals surface area (Å²) in [6, 6.07) is 0. The number of hydrogen-bond donors (Lipinski definition) is 2. The van der Waals surface area contributed by atoms with Crippen molar-refractivity contribution in [3.8, 4) is 0 Å². The summed E-state index contributed by atoms with van der Waals surface area (Å²) < 4.78 is 33.5. The van der Waals surface area contributed by atoms with Crippen molar-refractivity contribution in [3.63, 3.8) is 0 Å². The molecular weight excluding hydrogens is 351 g/mol. The van der Waals surface area contributed by atoms with Crippen molar-refractivity contribution in [1.82, 2.24) is 0 Å². The van der Waals surface area contributed by atoms with Crippen LogP contribution in [0.15, 0.2) is 0 Å². The molecule has 146 valence electrons. The molecule has 0 fully saturated rings. The largest absolute Gasteiger partial charge is 1.00 e. The molecule has 1 unspecified atom stereocenters. The summed E-state index contributed by atoms with van der Waals surface area (Å²) >= 11 is 0. The number of aliphatic hydroxyl groups excluding tert-OH is 1. The van der Waals surface area contributed by atoms with Gasteiger partial charge in [-0.3, -0.25) is 0 Å². The summed E-state index contributed by atoms with van der Waals surface area (Å²) in [6.07, 6.45) is 12.3. The van der Waals surface area contributed by atoms with Crippen LogP contribution in [0, 0.1) is 0 Å². The second kappa shape index (κ2) is 15.8. The predicted molar refractivity (Wildman–Crippen MR) is 96.6 cm³/mol. The fourth-order valence-corrected chi connectivity index (χ4v) is 3.84. The van der Waals surface area contributed by atoms with Crippen molar-refractivity contribution in [2.45, 2.75) is 115 Å². The van der Waals surface area contributed by atoms with Crippen molar-refractivity contribution < 1.29 is 52.7 Å². The van der Waals surface area contributed by atoms with E-state index in [0.717, 1.165) is 51.4 Å². The smallest absolute Gasteiger partial charge is 0.746 e. The summed E-state index contributed by atoms with van der Waals surface area (Å²) in [7, 11) is -4.91. The molecule has 0 saturated carbocycles. The van der Waals surface area contributed by atoms with Crippen LogP contribution in [-0.4, -0.2) is 34.2 Å². The molecule has 7 heteroatoms. The molecule has 0 rings (SSSR count). The molecule has 1 atom stereocenters. The van der Waals surface area contributed by atoms with Gasteiger partial charge in [0.25, 0.3) is 0 Å². The number of hydrogen-bond acceptors (Lipinski definition) is 5. The Morgan fingerprint density at radius 3 is 1.44 bits per heavy atom. The maximum absolute atomic E-state index is 11.2. The van der Waals surface area contributed by atoms with Gasteiger partial charge in [-0.2, -0.15) is 0 Å². The Bertz CT molecular complexity index is 384. The van der Waals surface area contributed by atoms with Gasteiger partial charge in [0.2, 0.25) is 0 Å². The van der Waals surface area contributed by atoms with E-state index in [1.165, 1.54) is 12.8 Å². The number of aliphatic hydroxyl groups is 2. The van der Waals surface area contributed by atoms with Crippen molar-refractivity contribution in [1.29, 1.82) is 0 Å². The third-order valence-electron chi connectivity index (χ3n) is 4.66. The number of rotatable bonds is 16. The van der Waals surface area contributed by atoms with E-state index in [2.05, 4.69) is 13.8 Å². The average Bonchev–Trinajstić information content (AvgIpc) is 2.52. The van der Waals surface area contributed by atoms with E-state index >= 15 is 0 Å². The van der Waals surface area contributed by atoms with Crippen LogP contribution in [0.5, 0.6) is 0 Å². The molecule has 0 bridgehead atoms. The Kier molecular flexibility index (Phi) is 17.8. The Morgan fingerprint density at radius 2 is 1.12 bits per heavy atom. The van der Waals surface area contributed by atoms with Crippen LogP contribution in [0.3, 0.4) is 0 Å². The molecule has 0 amide bonds. The van der Waals surface area contributed by atoms with Crippen molar-refractivity contribution in [3.05, 3.63) is 0 Å². The standard InChI is InChI=1S/C18H38O5S.Na/c1-3-5-7-9-11-13-15-18(20,17(19)24(21,22)23)16-14-12-10-8-6-4-2;/h17,19-20H,3-16H2,1-2H3,(H,21,22,23);/q;+1/p-1. The maximum Gasteiger partial charge on any atom is 1.00 e. The van der Waals surface area contributed by atoms with Crippen molar-refractivity contribution in [2.75, 3.05) is 0 Å². The van der Waals surface area contributed by atoms with Gasteiger partial charge in [0.1, 0.15) is 15.7 Å². The van der Waals surface area contributed by atoms with E-state index in [-0.39, 0.29) is 42.4 Å². The van der Waals surface area contributed by atoms with Crippen LogP contribution in [0.4, 0.5) is 0 Å². The summed E-state index contributed by atoms with van der Waals surface area (Å²) in [5.74, 6) is 0. The van der Waals surface area contributed by atoms with Crippen LogP contribution >= 0.6 is 0 Å². The first-order valence-electron chi connectivity index (χ1n) is 9.63. The zero-order valence-electron chi connectivity index (χ0n) is 16.5. The Labute approximate surface area is 177 Å². The maximum atomic E-state index is 11.2. The first-order chi connectivity index (χ1) is 11.3. The molecule has 0 spiro atoms. The SMILES string of the molecule is CCCCCCCCC(O)(CCCCCCCC)C(O)S(=O)(=O)[O-].[Na+]. The van der Waals surface area contributed by atoms with Gasteiger partial charge in [0, 0.05) is 0 Å². The van der Waals surface area contributed by atoms with Gasteiger partial charge < -0.3 is 14.8 Å². The molecule has 2 N–H and O–H groups in total. The molecule has 0 aromatic heterocycles. The Morgan fingerprint density at radius 1 is 0.800 bits per heavy atom. The van der Waals surface area contributed by atoms with Gasteiger partial charge in [-0.1, -0.05) is 90.9 Å². The van der Waals surface area contributed by atoms with Crippen LogP contribution in [0.2, 0.25) is 0 Å². The third-order valence-corrected chi connectivity index (χ3v) is 5.65. The minimum Gasteiger partial charge on any atom is -0.746 e. The summed E-state index contributed by atoms with van der Waals surface area (Å²) in [5, 5.41) is 20.4. The monoisotopic (exact) mass is 388 g/mol. The summed E-state index contributed by atoms with van der Waals surface area (Å²) in [5.41, 5.74) is -4.04. The molecular formula is C18H37NaO5S. The first-order valence-corrected chi connectivity index (χ1v) is 11.1. The van der Waals surface area contributed by atoms with E-state index in [0.29, 0.717) is 12.8 Å². The van der Waals surface area contributed by atoms with E-state index < -0.39 is 21.2 Å². The van der Waals surface area contributed by atoms with Gasteiger partial charge >= 0.3 is 29.6 Å². The molecule has 0 radical (unpaired) electrons. The zero-order valence-corrected chi connectivity index (χ0v) is 19.3. The van der Waals surface area contributed by atoms with Crippen molar-refractivity contribution >= 4 is 10.1 Å². The van der Waals surface area contributed by atoms with E-state index in [9.17, 15) is 23.2 Å². The third kappa shape index (κ3) is 13.6. The Balaban J connectivity index is 0. The molecule has 0 aromatic rings. The van der Waals surface area contributed by atoms with Crippen molar-refractivity contribution in [2.24, 2.45) is 0 Å². The molecule has 5 nitrogen and oxygen atoms in total. The molecule has 0 aliphatic carbocycles. The van der Waals surface area contributed by atoms with Crippen LogP contribution in [0.25, 0.3) is 0 Å². The number of unbranched alkanes of at least 4 members (excludes halogenated alkanes) is 10. The molecule has 0 aliphatic heterocycles. The zero-order chi connectivity index (χ0) is 18.5. The topological polar surface area (TPSA) is 97.7 Å². The fraction of sp³-hybridized carbons (Fsp3) is 1.00. The fourth-order valence-electron chi connectivity index (χ4n) is 3.06. The minimum absolute atomic E-state index is 0. The molecule has 0 aliphatic rings. The van der Waals surface area contributed by atoms with Gasteiger partial charge in [-0.25, -0.2) is 8.42 Å². The molecule has 0 saturated heterocycles. The first kappa shape index (κ1) is 28.0. The van der Waals surface area contributed by atoms with Gasteiger partial charge in [0.15, 0.2) is 5.44 Å². The van der Waals surface area contributed by atoms with Crippen LogP contribution < -0.4 is 29.6 Å². The van der Waals surface area contributed by atoms with Crippen LogP contribution in [0.1, 0.15) is 104 Å². The molecule has 0 aromatic carbocycles. The van der Waals surface area contributed by atoms with Gasteiger partial charge in [0.05, 0.1) is 0 Å². The minimum atomic E-state index is -4.91. The average molecular weight is 389 g/mol. The predicted octanol–water partition coefficient (Wildman–Crippen LogP) is 1.09. The second-order valence-corrected chi connectivity index (χ2v) is 8.42. The van der Waals surface area contributed by atoms with E-state index in [1.807, 2.05) is 0 Å². The molecule has 25 heavy (non-hydrogen) atoms. The van der Waals surface area contributed by atoms with Crippen LogP contribution in [-0.2, 0) is 10.1 Å².